The largest absolute Gasteiger partial charge is 0.477 e. The van der Waals surface area contributed by atoms with Crippen molar-refractivity contribution in [3.63, 3.8) is 0 Å². The smallest absolute Gasteiger partial charge is 0.345 e. The number of thiophene rings is 1. The van der Waals surface area contributed by atoms with Gasteiger partial charge in [0.15, 0.2) is 0 Å². The highest BCUT2D eigenvalue weighted by Gasteiger charge is 2.21. The van der Waals surface area contributed by atoms with E-state index in [9.17, 15) is 9.59 Å². The van der Waals surface area contributed by atoms with E-state index in [-0.39, 0.29) is 12.0 Å². The molecule has 19 heavy (non-hydrogen) atoms. The first kappa shape index (κ1) is 14.4. The average Bonchev–Trinajstić information content (AvgIpc) is 2.85. The first-order valence-corrected chi connectivity index (χ1v) is 7.77. The number of morpholine rings is 1. The normalized spacial score (nSPS) is 19.4. The van der Waals surface area contributed by atoms with Gasteiger partial charge < -0.3 is 14.7 Å². The molecule has 0 aromatic carbocycles. The molecule has 104 valence electrons. The molecule has 5 nitrogen and oxygen atoms in total. The summed E-state index contributed by atoms with van der Waals surface area (Å²) in [5.41, 5.74) is 0. The topological polar surface area (TPSA) is 66.8 Å². The summed E-state index contributed by atoms with van der Waals surface area (Å²) in [6.45, 7) is 3.79. The molecule has 1 aromatic rings. The van der Waals surface area contributed by atoms with Crippen LogP contribution in [0, 0.1) is 0 Å². The van der Waals surface area contributed by atoms with E-state index in [1.165, 1.54) is 23.1 Å². The van der Waals surface area contributed by atoms with Gasteiger partial charge in [-0.05, 0) is 13.0 Å². The van der Waals surface area contributed by atoms with Crippen molar-refractivity contribution in [1.82, 2.24) is 4.90 Å². The van der Waals surface area contributed by atoms with Gasteiger partial charge in [-0.3, -0.25) is 4.79 Å². The van der Waals surface area contributed by atoms with Gasteiger partial charge in [0, 0.05) is 23.4 Å². The van der Waals surface area contributed by atoms with Gasteiger partial charge in [-0.25, -0.2) is 4.79 Å². The monoisotopic (exact) mass is 301 g/mol. The average molecular weight is 301 g/mol. The number of hydrogen-bond acceptors (Lipinski definition) is 5. The van der Waals surface area contributed by atoms with Crippen LogP contribution in [0.15, 0.2) is 16.3 Å². The van der Waals surface area contributed by atoms with E-state index in [2.05, 4.69) is 0 Å². The summed E-state index contributed by atoms with van der Waals surface area (Å²) < 4.78 is 5.39. The Balaban J connectivity index is 1.84. The van der Waals surface area contributed by atoms with Crippen LogP contribution in [-0.4, -0.2) is 53.4 Å². The minimum Gasteiger partial charge on any atom is -0.477 e. The van der Waals surface area contributed by atoms with Crippen molar-refractivity contribution in [2.24, 2.45) is 0 Å². The summed E-state index contributed by atoms with van der Waals surface area (Å²) in [4.78, 5) is 25.7. The summed E-state index contributed by atoms with van der Waals surface area (Å²) in [5, 5.41) is 10.6. The number of carbonyl (C=O) groups excluding carboxylic acids is 1. The summed E-state index contributed by atoms with van der Waals surface area (Å²) in [5.74, 6) is -0.518. The second-order valence-electron chi connectivity index (χ2n) is 4.26. The third-order valence-electron chi connectivity index (χ3n) is 2.74. The van der Waals surface area contributed by atoms with Crippen molar-refractivity contribution < 1.29 is 19.4 Å². The van der Waals surface area contributed by atoms with Gasteiger partial charge in [-0.1, -0.05) is 0 Å². The molecular weight excluding hydrogens is 286 g/mol. The predicted octanol–water partition coefficient (Wildman–Crippen LogP) is 1.79. The van der Waals surface area contributed by atoms with Gasteiger partial charge in [0.05, 0.1) is 18.5 Å². The van der Waals surface area contributed by atoms with Gasteiger partial charge in [-0.15, -0.1) is 23.1 Å². The van der Waals surface area contributed by atoms with Crippen LogP contribution in [0.1, 0.15) is 16.6 Å². The van der Waals surface area contributed by atoms with Crippen molar-refractivity contribution in [2.75, 3.05) is 25.4 Å². The second kappa shape index (κ2) is 6.40. The maximum absolute atomic E-state index is 12.0. The highest BCUT2D eigenvalue weighted by atomic mass is 32.2. The lowest BCUT2D eigenvalue weighted by molar-refractivity contribution is -0.135. The molecule has 0 aliphatic carbocycles. The van der Waals surface area contributed by atoms with Crippen LogP contribution in [-0.2, 0) is 9.53 Å². The Hall–Kier alpha value is -1.05. The highest BCUT2D eigenvalue weighted by Crippen LogP contribution is 2.25. The molecule has 1 atom stereocenters. The molecule has 1 aromatic heterocycles. The molecule has 1 unspecified atom stereocenters. The van der Waals surface area contributed by atoms with Gasteiger partial charge in [0.25, 0.3) is 0 Å². The van der Waals surface area contributed by atoms with E-state index in [1.54, 1.807) is 16.3 Å². The number of amides is 1. The Morgan fingerprint density at radius 1 is 1.63 bits per heavy atom. The van der Waals surface area contributed by atoms with Crippen LogP contribution in [0.4, 0.5) is 0 Å². The summed E-state index contributed by atoms with van der Waals surface area (Å²) in [7, 11) is 0. The van der Waals surface area contributed by atoms with Crippen molar-refractivity contribution >= 4 is 35.0 Å². The first-order valence-electron chi connectivity index (χ1n) is 5.90. The first-order chi connectivity index (χ1) is 9.06. The quantitative estimate of drug-likeness (QED) is 0.859. The third-order valence-corrected chi connectivity index (χ3v) is 4.77. The molecule has 0 spiro atoms. The molecule has 1 aliphatic heterocycles. The minimum absolute atomic E-state index is 0.0724. The molecule has 1 amide bonds. The van der Waals surface area contributed by atoms with Crippen LogP contribution in [0.2, 0.25) is 0 Å². The molecule has 0 saturated carbocycles. The Morgan fingerprint density at radius 2 is 2.42 bits per heavy atom. The standard InChI is InChI=1S/C12H15NO4S2/c1-8-5-13(2-3-17-8)11(14)7-18-9-4-10(12(15)16)19-6-9/h4,6,8H,2-3,5,7H2,1H3,(H,15,16). The summed E-state index contributed by atoms with van der Waals surface area (Å²) in [6, 6.07) is 1.60. The van der Waals surface area contributed by atoms with E-state index in [4.69, 9.17) is 9.84 Å². The van der Waals surface area contributed by atoms with E-state index in [0.717, 1.165) is 4.90 Å². The SMILES string of the molecule is CC1CN(C(=O)CSc2csc(C(=O)O)c2)CCO1. The van der Waals surface area contributed by atoms with Crippen molar-refractivity contribution in [3.05, 3.63) is 16.3 Å². The lowest BCUT2D eigenvalue weighted by Crippen LogP contribution is -2.45. The van der Waals surface area contributed by atoms with Gasteiger partial charge in [0.2, 0.25) is 5.91 Å². The molecule has 1 aliphatic rings. The summed E-state index contributed by atoms with van der Waals surface area (Å²) >= 11 is 2.56. The zero-order valence-corrected chi connectivity index (χ0v) is 12.1. The van der Waals surface area contributed by atoms with Crippen LogP contribution >= 0.6 is 23.1 Å². The van der Waals surface area contributed by atoms with Crippen LogP contribution < -0.4 is 0 Å². The molecular formula is C12H15NO4S2. The predicted molar refractivity (Wildman–Crippen MR) is 74.0 cm³/mol. The zero-order valence-electron chi connectivity index (χ0n) is 10.5. The fourth-order valence-electron chi connectivity index (χ4n) is 1.79. The number of aromatic carboxylic acids is 1. The Morgan fingerprint density at radius 3 is 3.05 bits per heavy atom. The van der Waals surface area contributed by atoms with E-state index >= 15 is 0 Å². The van der Waals surface area contributed by atoms with Crippen LogP contribution in [0.25, 0.3) is 0 Å². The van der Waals surface area contributed by atoms with Gasteiger partial charge in [-0.2, -0.15) is 0 Å². The molecule has 7 heteroatoms. The Labute approximate surface area is 119 Å². The highest BCUT2D eigenvalue weighted by molar-refractivity contribution is 8.00. The third kappa shape index (κ3) is 3.95. The number of ether oxygens (including phenoxy) is 1. The lowest BCUT2D eigenvalue weighted by Gasteiger charge is -2.31. The summed E-state index contributed by atoms with van der Waals surface area (Å²) in [6.07, 6.45) is 0.0856. The molecule has 2 heterocycles. The zero-order chi connectivity index (χ0) is 13.8. The van der Waals surface area contributed by atoms with Crippen molar-refractivity contribution in [1.29, 1.82) is 0 Å². The van der Waals surface area contributed by atoms with Crippen molar-refractivity contribution in [2.45, 2.75) is 17.9 Å². The van der Waals surface area contributed by atoms with Gasteiger partial charge >= 0.3 is 5.97 Å². The van der Waals surface area contributed by atoms with E-state index < -0.39 is 5.97 Å². The molecule has 0 radical (unpaired) electrons. The Kier molecular flexibility index (Phi) is 4.84. The number of carboxylic acid groups (broad SMARTS) is 1. The van der Waals surface area contributed by atoms with Crippen LogP contribution in [0.5, 0.6) is 0 Å². The maximum Gasteiger partial charge on any atom is 0.345 e. The van der Waals surface area contributed by atoms with Crippen LogP contribution in [0.3, 0.4) is 0 Å². The van der Waals surface area contributed by atoms with E-state index in [0.29, 0.717) is 30.3 Å². The Bertz CT molecular complexity index is 474. The van der Waals surface area contributed by atoms with Gasteiger partial charge in [0.1, 0.15) is 4.88 Å². The van der Waals surface area contributed by atoms with E-state index in [1.807, 2.05) is 6.92 Å². The number of carbonyl (C=O) groups is 2. The minimum atomic E-state index is -0.926. The number of thioether (sulfide) groups is 1. The fraction of sp³-hybridized carbons (Fsp3) is 0.500. The molecule has 0 bridgehead atoms. The number of nitrogens with zero attached hydrogens (tertiary/aromatic N) is 1. The lowest BCUT2D eigenvalue weighted by atomic mass is 10.3. The molecule has 1 N–H and O–H groups in total. The molecule has 1 fully saturated rings. The number of carboxylic acids is 1. The maximum atomic E-state index is 12.0. The fourth-order valence-corrected chi connectivity index (χ4v) is 3.56. The second-order valence-corrected chi connectivity index (χ2v) is 6.22. The molecule has 2 rings (SSSR count). The number of rotatable bonds is 4. The molecule has 1 saturated heterocycles. The number of hydrogen-bond donors (Lipinski definition) is 1. The van der Waals surface area contributed by atoms with Crippen molar-refractivity contribution in [3.8, 4) is 0 Å².